The van der Waals surface area contributed by atoms with Crippen molar-refractivity contribution >= 4 is 5.95 Å². The number of nitrogens with zero attached hydrogens (tertiary/aromatic N) is 3. The highest BCUT2D eigenvalue weighted by Gasteiger charge is 2.39. The number of aromatic nitrogens is 3. The molecule has 0 aliphatic heterocycles. The van der Waals surface area contributed by atoms with E-state index in [0.29, 0.717) is 11.8 Å². The first-order valence-corrected chi connectivity index (χ1v) is 6.14. The number of ether oxygens (including phenoxy) is 1. The summed E-state index contributed by atoms with van der Waals surface area (Å²) in [6, 6.07) is 0. The Morgan fingerprint density at radius 3 is 2.35 bits per heavy atom. The molecule has 1 aromatic rings. The number of rotatable bonds is 3. The maximum absolute atomic E-state index is 5.76. The van der Waals surface area contributed by atoms with Gasteiger partial charge in [-0.2, -0.15) is 9.97 Å². The van der Waals surface area contributed by atoms with Crippen LogP contribution in [0.4, 0.5) is 5.95 Å². The molecule has 0 aromatic carbocycles. The van der Waals surface area contributed by atoms with E-state index in [1.54, 1.807) is 7.11 Å². The molecule has 94 valence electrons. The third-order valence-corrected chi connectivity index (χ3v) is 3.40. The monoisotopic (exact) mass is 236 g/mol. The lowest BCUT2D eigenvalue weighted by Gasteiger charge is -2.26. The molecule has 1 aromatic heterocycles. The zero-order valence-electron chi connectivity index (χ0n) is 10.7. The largest absolute Gasteiger partial charge is 0.370 e. The second kappa shape index (κ2) is 4.56. The minimum Gasteiger partial charge on any atom is -0.370 e. The van der Waals surface area contributed by atoms with E-state index >= 15 is 0 Å². The van der Waals surface area contributed by atoms with Crippen molar-refractivity contribution in [2.24, 2.45) is 0 Å². The van der Waals surface area contributed by atoms with Crippen molar-refractivity contribution in [1.29, 1.82) is 0 Å². The molecule has 0 unspecified atom stereocenters. The normalized spacial score (nSPS) is 18.8. The first-order valence-electron chi connectivity index (χ1n) is 6.14. The molecule has 17 heavy (non-hydrogen) atoms. The van der Waals surface area contributed by atoms with Crippen LogP contribution in [0.25, 0.3) is 0 Å². The van der Waals surface area contributed by atoms with E-state index in [1.807, 2.05) is 13.8 Å². The lowest BCUT2D eigenvalue weighted by Crippen LogP contribution is -2.29. The third-order valence-electron chi connectivity index (χ3n) is 3.40. The lowest BCUT2D eigenvalue weighted by atomic mass is 10.0. The predicted octanol–water partition coefficient (Wildman–Crippen LogP) is 1.99. The van der Waals surface area contributed by atoms with E-state index in [-0.39, 0.29) is 11.5 Å². The molecule has 0 atom stereocenters. The number of hydrogen-bond acceptors (Lipinski definition) is 5. The molecular formula is C12H20N4O. The highest BCUT2D eigenvalue weighted by molar-refractivity contribution is 5.20. The first kappa shape index (κ1) is 12.2. The average molecular weight is 236 g/mol. The fourth-order valence-electron chi connectivity index (χ4n) is 2.34. The van der Waals surface area contributed by atoms with E-state index in [2.05, 4.69) is 15.0 Å². The molecule has 5 heteroatoms. The molecule has 0 amide bonds. The number of nitrogen functional groups attached to an aromatic ring is 1. The summed E-state index contributed by atoms with van der Waals surface area (Å²) in [5.74, 6) is 1.99. The molecule has 1 heterocycles. The molecule has 0 spiro atoms. The lowest BCUT2D eigenvalue weighted by molar-refractivity contribution is -0.0165. The van der Waals surface area contributed by atoms with E-state index in [4.69, 9.17) is 10.5 Å². The van der Waals surface area contributed by atoms with Gasteiger partial charge in [0.15, 0.2) is 5.82 Å². The standard InChI is InChI=1S/C12H20N4O/c1-8(2)9-14-10(16-11(13)15-9)12(17-3)6-4-5-7-12/h8H,4-7H2,1-3H3,(H2,13,14,15,16). The van der Waals surface area contributed by atoms with Gasteiger partial charge < -0.3 is 10.5 Å². The third kappa shape index (κ3) is 2.24. The van der Waals surface area contributed by atoms with Crippen LogP contribution in [0.2, 0.25) is 0 Å². The minimum atomic E-state index is -0.347. The highest BCUT2D eigenvalue weighted by atomic mass is 16.5. The van der Waals surface area contributed by atoms with Crippen LogP contribution in [0.1, 0.15) is 57.1 Å². The van der Waals surface area contributed by atoms with Gasteiger partial charge in [0.2, 0.25) is 5.95 Å². The Morgan fingerprint density at radius 1 is 1.18 bits per heavy atom. The number of anilines is 1. The molecule has 0 radical (unpaired) electrons. The van der Waals surface area contributed by atoms with E-state index in [0.717, 1.165) is 31.5 Å². The molecule has 2 rings (SSSR count). The Morgan fingerprint density at radius 2 is 1.82 bits per heavy atom. The Balaban J connectivity index is 2.43. The topological polar surface area (TPSA) is 73.9 Å². The Labute approximate surface area is 102 Å². The van der Waals surface area contributed by atoms with Crippen molar-refractivity contribution in [3.8, 4) is 0 Å². The molecule has 1 fully saturated rings. The smallest absolute Gasteiger partial charge is 0.223 e. The van der Waals surface area contributed by atoms with Gasteiger partial charge in [-0.1, -0.05) is 13.8 Å². The highest BCUT2D eigenvalue weighted by Crippen LogP contribution is 2.40. The van der Waals surface area contributed by atoms with Crippen molar-refractivity contribution in [1.82, 2.24) is 15.0 Å². The molecule has 5 nitrogen and oxygen atoms in total. The fourth-order valence-corrected chi connectivity index (χ4v) is 2.34. The van der Waals surface area contributed by atoms with Crippen molar-refractivity contribution in [2.45, 2.75) is 51.0 Å². The Hall–Kier alpha value is -1.23. The Bertz CT molecular complexity index is 399. The van der Waals surface area contributed by atoms with Crippen molar-refractivity contribution in [3.63, 3.8) is 0 Å². The maximum atomic E-state index is 5.76. The SMILES string of the molecule is COC1(c2nc(N)nc(C(C)C)n2)CCCC1. The minimum absolute atomic E-state index is 0.245. The summed E-state index contributed by atoms with van der Waals surface area (Å²) in [7, 11) is 1.72. The van der Waals surface area contributed by atoms with Crippen LogP contribution >= 0.6 is 0 Å². The second-order valence-electron chi connectivity index (χ2n) is 4.94. The summed E-state index contributed by atoms with van der Waals surface area (Å²) < 4.78 is 5.67. The summed E-state index contributed by atoms with van der Waals surface area (Å²) in [5, 5.41) is 0. The van der Waals surface area contributed by atoms with Crippen LogP contribution in [-0.2, 0) is 10.3 Å². The van der Waals surface area contributed by atoms with Gasteiger partial charge in [-0.15, -0.1) is 0 Å². The number of nitrogens with two attached hydrogens (primary N) is 1. The van der Waals surface area contributed by atoms with Gasteiger partial charge >= 0.3 is 0 Å². The van der Waals surface area contributed by atoms with Crippen molar-refractivity contribution in [2.75, 3.05) is 12.8 Å². The van der Waals surface area contributed by atoms with Gasteiger partial charge in [0, 0.05) is 13.0 Å². The fraction of sp³-hybridized carbons (Fsp3) is 0.750. The van der Waals surface area contributed by atoms with Crippen LogP contribution in [0, 0.1) is 0 Å². The van der Waals surface area contributed by atoms with Crippen LogP contribution in [0.5, 0.6) is 0 Å². The quantitative estimate of drug-likeness (QED) is 0.868. The van der Waals surface area contributed by atoms with E-state index in [9.17, 15) is 0 Å². The van der Waals surface area contributed by atoms with Gasteiger partial charge in [-0.05, 0) is 25.7 Å². The predicted molar refractivity (Wildman–Crippen MR) is 65.5 cm³/mol. The van der Waals surface area contributed by atoms with Crippen molar-refractivity contribution in [3.05, 3.63) is 11.6 Å². The van der Waals surface area contributed by atoms with Gasteiger partial charge in [0.05, 0.1) is 0 Å². The maximum Gasteiger partial charge on any atom is 0.223 e. The van der Waals surface area contributed by atoms with Crippen LogP contribution in [0.3, 0.4) is 0 Å². The molecular weight excluding hydrogens is 216 g/mol. The van der Waals surface area contributed by atoms with Gasteiger partial charge in [0.25, 0.3) is 0 Å². The van der Waals surface area contributed by atoms with Crippen LogP contribution in [-0.4, -0.2) is 22.1 Å². The summed E-state index contributed by atoms with van der Waals surface area (Å²) in [5.41, 5.74) is 5.41. The van der Waals surface area contributed by atoms with E-state index in [1.165, 1.54) is 0 Å². The average Bonchev–Trinajstić information content (AvgIpc) is 2.78. The van der Waals surface area contributed by atoms with Crippen LogP contribution < -0.4 is 5.73 Å². The summed E-state index contributed by atoms with van der Waals surface area (Å²) in [6.07, 6.45) is 4.22. The molecule has 0 bridgehead atoms. The molecule has 2 N–H and O–H groups in total. The Kier molecular flexibility index (Phi) is 3.28. The van der Waals surface area contributed by atoms with Gasteiger partial charge in [-0.3, -0.25) is 0 Å². The summed E-state index contributed by atoms with van der Waals surface area (Å²) in [6.45, 7) is 4.10. The van der Waals surface area contributed by atoms with Gasteiger partial charge in [0.1, 0.15) is 11.4 Å². The molecule has 1 saturated carbocycles. The molecule has 1 aliphatic carbocycles. The van der Waals surface area contributed by atoms with Crippen LogP contribution in [0.15, 0.2) is 0 Å². The number of hydrogen-bond donors (Lipinski definition) is 1. The van der Waals surface area contributed by atoms with E-state index < -0.39 is 0 Å². The van der Waals surface area contributed by atoms with Gasteiger partial charge in [-0.25, -0.2) is 4.98 Å². The molecule has 0 saturated heterocycles. The zero-order valence-corrected chi connectivity index (χ0v) is 10.7. The summed E-state index contributed by atoms with van der Waals surface area (Å²) >= 11 is 0. The first-order chi connectivity index (χ1) is 8.07. The number of methoxy groups -OCH3 is 1. The zero-order chi connectivity index (χ0) is 12.5. The second-order valence-corrected chi connectivity index (χ2v) is 4.94. The summed E-state index contributed by atoms with van der Waals surface area (Å²) in [4.78, 5) is 13.0. The molecule has 1 aliphatic rings. The van der Waals surface area contributed by atoms with Crippen molar-refractivity contribution < 1.29 is 4.74 Å².